The van der Waals surface area contributed by atoms with E-state index in [9.17, 15) is 9.59 Å². The van der Waals surface area contributed by atoms with Crippen LogP contribution in [0.15, 0.2) is 109 Å². The van der Waals surface area contributed by atoms with Crippen LogP contribution in [0.3, 0.4) is 0 Å². The van der Waals surface area contributed by atoms with Crippen molar-refractivity contribution in [2.75, 3.05) is 39.3 Å². The van der Waals surface area contributed by atoms with Crippen LogP contribution in [0.1, 0.15) is 53.9 Å². The number of aryl methyl sites for hydroxylation is 1. The smallest absolute Gasteiger partial charge is 0.258 e. The van der Waals surface area contributed by atoms with Crippen molar-refractivity contribution >= 4 is 23.4 Å². The van der Waals surface area contributed by atoms with Gasteiger partial charge in [0.15, 0.2) is 6.61 Å². The standard InChI is InChI=1S/C39H44ClN3O3/c1-30-13-15-33(16-14-30)39(34-17-19-35(40)20-18-34,23-8-24-43-25-21-32(22-26-43)31-9-4-2-5-10-31)29-42-37(44)27-41-38(45)28-46-36-11-6-3-7-12-36/h2-7,9-20,32H,8,21-29H2,1H3,(H,41,45)(H,42,44). The van der Waals surface area contributed by atoms with Crippen LogP contribution < -0.4 is 15.4 Å². The molecule has 0 bridgehead atoms. The molecule has 2 N–H and O–H groups in total. The largest absolute Gasteiger partial charge is 0.484 e. The minimum Gasteiger partial charge on any atom is -0.484 e. The Morgan fingerprint density at radius 3 is 2.07 bits per heavy atom. The predicted molar refractivity (Wildman–Crippen MR) is 185 cm³/mol. The predicted octanol–water partition coefficient (Wildman–Crippen LogP) is 6.91. The third-order valence-electron chi connectivity index (χ3n) is 9.08. The molecule has 0 saturated carbocycles. The van der Waals surface area contributed by atoms with Crippen molar-refractivity contribution in [1.29, 1.82) is 0 Å². The number of hydrogen-bond acceptors (Lipinski definition) is 4. The molecular weight excluding hydrogens is 594 g/mol. The third-order valence-corrected chi connectivity index (χ3v) is 9.34. The zero-order chi connectivity index (χ0) is 32.2. The van der Waals surface area contributed by atoms with Crippen molar-refractivity contribution in [2.45, 2.75) is 43.9 Å². The number of carbonyl (C=O) groups excluding carboxylic acids is 2. The van der Waals surface area contributed by atoms with Crippen LogP contribution in [-0.2, 0) is 15.0 Å². The summed E-state index contributed by atoms with van der Waals surface area (Å²) in [6, 6.07) is 36.6. The fourth-order valence-corrected chi connectivity index (χ4v) is 6.54. The Morgan fingerprint density at radius 2 is 1.41 bits per heavy atom. The van der Waals surface area contributed by atoms with Crippen LogP contribution in [0.4, 0.5) is 0 Å². The SMILES string of the molecule is Cc1ccc(C(CCCN2CCC(c3ccccc3)CC2)(CNC(=O)CNC(=O)COc2ccccc2)c2ccc(Cl)cc2)cc1. The molecule has 1 heterocycles. The summed E-state index contributed by atoms with van der Waals surface area (Å²) >= 11 is 6.33. The van der Waals surface area contributed by atoms with E-state index < -0.39 is 5.41 Å². The maximum absolute atomic E-state index is 13.1. The number of amides is 2. The number of rotatable bonds is 14. The van der Waals surface area contributed by atoms with Crippen molar-refractivity contribution in [1.82, 2.24) is 15.5 Å². The lowest BCUT2D eigenvalue weighted by molar-refractivity contribution is -0.127. The molecule has 0 aromatic heterocycles. The van der Waals surface area contributed by atoms with E-state index in [-0.39, 0.29) is 25.0 Å². The number of likely N-dealkylation sites (tertiary alicyclic amines) is 1. The van der Waals surface area contributed by atoms with Gasteiger partial charge in [-0.1, -0.05) is 102 Å². The number of hydrogen-bond donors (Lipinski definition) is 2. The lowest BCUT2D eigenvalue weighted by Crippen LogP contribution is -2.46. The molecule has 5 rings (SSSR count). The first-order valence-electron chi connectivity index (χ1n) is 16.2. The first-order valence-corrected chi connectivity index (χ1v) is 16.6. The summed E-state index contributed by atoms with van der Waals surface area (Å²) in [5, 5.41) is 6.51. The van der Waals surface area contributed by atoms with E-state index in [1.54, 1.807) is 12.1 Å². The maximum Gasteiger partial charge on any atom is 0.258 e. The number of nitrogens with one attached hydrogen (secondary N) is 2. The molecule has 1 aliphatic heterocycles. The zero-order valence-electron chi connectivity index (χ0n) is 26.6. The van der Waals surface area contributed by atoms with Gasteiger partial charge in [-0.15, -0.1) is 0 Å². The van der Waals surface area contributed by atoms with Gasteiger partial charge in [0.25, 0.3) is 5.91 Å². The molecule has 1 unspecified atom stereocenters. The zero-order valence-corrected chi connectivity index (χ0v) is 27.3. The van der Waals surface area contributed by atoms with Gasteiger partial charge in [-0.2, -0.15) is 0 Å². The highest BCUT2D eigenvalue weighted by atomic mass is 35.5. The molecule has 0 aliphatic carbocycles. The Hall–Kier alpha value is -4.13. The van der Waals surface area contributed by atoms with E-state index in [0.29, 0.717) is 23.2 Å². The molecule has 4 aromatic carbocycles. The third kappa shape index (κ3) is 9.21. The van der Waals surface area contributed by atoms with Crippen molar-refractivity contribution < 1.29 is 14.3 Å². The molecule has 7 heteroatoms. The Bertz CT molecular complexity index is 1480. The first-order chi connectivity index (χ1) is 22.4. The van der Waals surface area contributed by atoms with Crippen LogP contribution in [0.2, 0.25) is 5.02 Å². The normalized spacial score (nSPS) is 15.1. The van der Waals surface area contributed by atoms with Gasteiger partial charge in [-0.3, -0.25) is 9.59 Å². The molecule has 4 aromatic rings. The molecule has 1 aliphatic rings. The highest BCUT2D eigenvalue weighted by Crippen LogP contribution is 2.38. The number of nitrogens with zero attached hydrogens (tertiary/aromatic N) is 1. The van der Waals surface area contributed by atoms with Crippen LogP contribution in [0.5, 0.6) is 5.75 Å². The second-order valence-electron chi connectivity index (χ2n) is 12.2. The molecule has 6 nitrogen and oxygen atoms in total. The number of ether oxygens (including phenoxy) is 1. The quantitative estimate of drug-likeness (QED) is 0.158. The average Bonchev–Trinajstić information content (AvgIpc) is 3.10. The van der Waals surface area contributed by atoms with Crippen molar-refractivity contribution in [3.63, 3.8) is 0 Å². The maximum atomic E-state index is 13.1. The summed E-state index contributed by atoms with van der Waals surface area (Å²) in [6.45, 7) is 5.36. The molecule has 2 amide bonds. The molecule has 1 fully saturated rings. The van der Waals surface area contributed by atoms with Gasteiger partial charge in [0, 0.05) is 17.0 Å². The average molecular weight is 638 g/mol. The lowest BCUT2D eigenvalue weighted by atomic mass is 9.71. The van der Waals surface area contributed by atoms with Crippen LogP contribution >= 0.6 is 11.6 Å². The number of halogens is 1. The van der Waals surface area contributed by atoms with E-state index >= 15 is 0 Å². The molecule has 0 spiro atoms. The van der Waals surface area contributed by atoms with Crippen molar-refractivity contribution in [3.8, 4) is 5.75 Å². The first kappa shape index (κ1) is 33.2. The van der Waals surface area contributed by atoms with E-state index in [1.807, 2.05) is 30.3 Å². The molecule has 1 atom stereocenters. The molecule has 240 valence electrons. The molecule has 0 radical (unpaired) electrons. The van der Waals surface area contributed by atoms with Gasteiger partial charge >= 0.3 is 0 Å². The minimum atomic E-state index is -0.475. The van der Waals surface area contributed by atoms with E-state index in [0.717, 1.165) is 43.6 Å². The summed E-state index contributed by atoms with van der Waals surface area (Å²) in [5.41, 5.74) is 4.39. The monoisotopic (exact) mass is 637 g/mol. The Kier molecular flexibility index (Phi) is 11.9. The van der Waals surface area contributed by atoms with Gasteiger partial charge in [0.2, 0.25) is 5.91 Å². The Balaban J connectivity index is 1.24. The van der Waals surface area contributed by atoms with Gasteiger partial charge in [0.05, 0.1) is 6.54 Å². The van der Waals surface area contributed by atoms with Crippen LogP contribution in [0.25, 0.3) is 0 Å². The second kappa shape index (κ2) is 16.4. The number of carbonyl (C=O) groups is 2. The van der Waals surface area contributed by atoms with Crippen LogP contribution in [0, 0.1) is 6.92 Å². The molecular formula is C39H44ClN3O3. The van der Waals surface area contributed by atoms with Gasteiger partial charge in [-0.05, 0) is 99.1 Å². The fraction of sp³-hybridized carbons (Fsp3) is 0.333. The summed E-state index contributed by atoms with van der Waals surface area (Å²) in [4.78, 5) is 28.1. The molecule has 46 heavy (non-hydrogen) atoms. The lowest BCUT2D eigenvalue weighted by Gasteiger charge is -2.37. The van der Waals surface area contributed by atoms with Gasteiger partial charge in [0.1, 0.15) is 5.75 Å². The summed E-state index contributed by atoms with van der Waals surface area (Å²) < 4.78 is 5.51. The van der Waals surface area contributed by atoms with Crippen molar-refractivity contribution in [3.05, 3.63) is 136 Å². The minimum absolute atomic E-state index is 0.127. The number of benzene rings is 4. The van der Waals surface area contributed by atoms with Gasteiger partial charge < -0.3 is 20.3 Å². The fourth-order valence-electron chi connectivity index (χ4n) is 6.42. The molecule has 1 saturated heterocycles. The van der Waals surface area contributed by atoms with Crippen LogP contribution in [-0.4, -0.2) is 56.0 Å². The highest BCUT2D eigenvalue weighted by molar-refractivity contribution is 6.30. The number of para-hydroxylation sites is 1. The highest BCUT2D eigenvalue weighted by Gasteiger charge is 2.35. The van der Waals surface area contributed by atoms with Gasteiger partial charge in [-0.25, -0.2) is 0 Å². The second-order valence-corrected chi connectivity index (χ2v) is 12.7. The summed E-state index contributed by atoms with van der Waals surface area (Å²) in [5.74, 6) is 0.631. The number of piperidine rings is 1. The van der Waals surface area contributed by atoms with E-state index in [1.165, 1.54) is 24.0 Å². The topological polar surface area (TPSA) is 70.7 Å². The van der Waals surface area contributed by atoms with E-state index in [2.05, 4.69) is 89.2 Å². The van der Waals surface area contributed by atoms with Crippen molar-refractivity contribution in [2.24, 2.45) is 0 Å². The van der Waals surface area contributed by atoms with E-state index in [4.69, 9.17) is 16.3 Å². The summed E-state index contributed by atoms with van der Waals surface area (Å²) in [7, 11) is 0. The summed E-state index contributed by atoms with van der Waals surface area (Å²) in [6.07, 6.45) is 4.15. The Morgan fingerprint density at radius 1 is 0.804 bits per heavy atom. The Labute approximate surface area is 278 Å².